The minimum Gasteiger partial charge on any atom is -0.368 e. The summed E-state index contributed by atoms with van der Waals surface area (Å²) in [7, 11) is 0. The third-order valence-electron chi connectivity index (χ3n) is 4.22. The molecule has 128 valence electrons. The molecule has 0 aliphatic heterocycles. The number of amides is 2. The fourth-order valence-electron chi connectivity index (χ4n) is 2.82. The van der Waals surface area contributed by atoms with E-state index in [4.69, 9.17) is 5.73 Å². The van der Waals surface area contributed by atoms with E-state index < -0.39 is 11.9 Å². The van der Waals surface area contributed by atoms with Crippen molar-refractivity contribution in [3.8, 4) is 6.07 Å². The van der Waals surface area contributed by atoms with Crippen molar-refractivity contribution in [2.45, 2.75) is 12.5 Å². The molecule has 5 nitrogen and oxygen atoms in total. The highest BCUT2D eigenvalue weighted by molar-refractivity contribution is 6.00. The van der Waals surface area contributed by atoms with Gasteiger partial charge in [-0.25, -0.2) is 0 Å². The molecule has 1 atom stereocenters. The number of nitriles is 1. The van der Waals surface area contributed by atoms with E-state index in [1.54, 1.807) is 36.4 Å². The van der Waals surface area contributed by atoms with Crippen LogP contribution < -0.4 is 11.1 Å². The smallest absolute Gasteiger partial charge is 0.251 e. The summed E-state index contributed by atoms with van der Waals surface area (Å²) < 4.78 is 0. The standard InChI is InChI=1S/C21H17N3O2/c22-13-18-8-4-3-7-16(18)12-19(20(23)25)24-21(26)17-10-9-14-5-1-2-6-15(14)11-17/h1-11,19H,12H2,(H2,23,25)(H,24,26)/t19-/m1/s1. The van der Waals surface area contributed by atoms with Crippen LogP contribution in [0.1, 0.15) is 21.5 Å². The first-order valence-electron chi connectivity index (χ1n) is 8.15. The first-order valence-corrected chi connectivity index (χ1v) is 8.15. The molecule has 5 heteroatoms. The van der Waals surface area contributed by atoms with Gasteiger partial charge in [0.2, 0.25) is 5.91 Å². The van der Waals surface area contributed by atoms with E-state index in [0.717, 1.165) is 10.8 Å². The second-order valence-corrected chi connectivity index (χ2v) is 5.96. The Kier molecular flexibility index (Phi) is 4.95. The Labute approximate surface area is 151 Å². The number of carbonyl (C=O) groups is 2. The van der Waals surface area contributed by atoms with Gasteiger partial charge in [0, 0.05) is 12.0 Å². The first kappa shape index (κ1) is 17.2. The molecule has 0 aliphatic rings. The molecule has 0 saturated carbocycles. The molecule has 2 amide bonds. The van der Waals surface area contributed by atoms with Gasteiger partial charge in [-0.15, -0.1) is 0 Å². The van der Waals surface area contributed by atoms with E-state index in [9.17, 15) is 14.9 Å². The normalized spacial score (nSPS) is 11.5. The summed E-state index contributed by atoms with van der Waals surface area (Å²) in [6.45, 7) is 0. The lowest BCUT2D eigenvalue weighted by molar-refractivity contribution is -0.119. The highest BCUT2D eigenvalue weighted by Crippen LogP contribution is 2.16. The molecule has 0 aromatic heterocycles. The Morgan fingerprint density at radius 3 is 2.42 bits per heavy atom. The third-order valence-corrected chi connectivity index (χ3v) is 4.22. The molecular formula is C21H17N3O2. The van der Waals surface area contributed by atoms with Crippen molar-refractivity contribution in [2.24, 2.45) is 5.73 Å². The fraction of sp³-hybridized carbons (Fsp3) is 0.0952. The number of carbonyl (C=O) groups excluding carboxylic acids is 2. The molecule has 0 fully saturated rings. The second-order valence-electron chi connectivity index (χ2n) is 5.96. The maximum Gasteiger partial charge on any atom is 0.251 e. The zero-order valence-corrected chi connectivity index (χ0v) is 14.0. The van der Waals surface area contributed by atoms with Crippen molar-refractivity contribution < 1.29 is 9.59 Å². The summed E-state index contributed by atoms with van der Waals surface area (Å²) in [6.07, 6.45) is 0.165. The average Bonchev–Trinajstić information content (AvgIpc) is 2.67. The Morgan fingerprint density at radius 1 is 1.00 bits per heavy atom. The van der Waals surface area contributed by atoms with Gasteiger partial charge in [-0.05, 0) is 34.5 Å². The lowest BCUT2D eigenvalue weighted by Crippen LogP contribution is -2.46. The Bertz CT molecular complexity index is 1020. The van der Waals surface area contributed by atoms with E-state index in [0.29, 0.717) is 16.7 Å². The predicted molar refractivity (Wildman–Crippen MR) is 99.3 cm³/mol. The van der Waals surface area contributed by atoms with Gasteiger partial charge in [-0.2, -0.15) is 5.26 Å². The van der Waals surface area contributed by atoms with E-state index in [2.05, 4.69) is 11.4 Å². The summed E-state index contributed by atoms with van der Waals surface area (Å²) in [4.78, 5) is 24.4. The molecule has 0 spiro atoms. The van der Waals surface area contributed by atoms with Crippen LogP contribution in [0.4, 0.5) is 0 Å². The van der Waals surface area contributed by atoms with Crippen LogP contribution >= 0.6 is 0 Å². The molecule has 3 aromatic rings. The molecule has 0 heterocycles. The molecule has 26 heavy (non-hydrogen) atoms. The van der Waals surface area contributed by atoms with E-state index in [-0.39, 0.29) is 12.3 Å². The van der Waals surface area contributed by atoms with E-state index in [1.807, 2.05) is 30.3 Å². The van der Waals surface area contributed by atoms with Crippen LogP contribution in [-0.4, -0.2) is 17.9 Å². The molecule has 0 saturated heterocycles. The zero-order valence-electron chi connectivity index (χ0n) is 14.0. The summed E-state index contributed by atoms with van der Waals surface area (Å²) in [5.41, 5.74) is 7.03. The lowest BCUT2D eigenvalue weighted by atomic mass is 10.00. The number of nitrogens with one attached hydrogen (secondary N) is 1. The third kappa shape index (κ3) is 3.70. The van der Waals surface area contributed by atoms with Crippen molar-refractivity contribution >= 4 is 22.6 Å². The summed E-state index contributed by atoms with van der Waals surface area (Å²) in [5.74, 6) is -1.03. The van der Waals surface area contributed by atoms with Crippen LogP contribution in [0.25, 0.3) is 10.8 Å². The molecule has 0 bridgehead atoms. The van der Waals surface area contributed by atoms with Crippen LogP contribution in [0, 0.1) is 11.3 Å². The summed E-state index contributed by atoms with van der Waals surface area (Å²) in [6, 6.07) is 21.2. The average molecular weight is 343 g/mol. The maximum atomic E-state index is 12.6. The number of primary amides is 1. The van der Waals surface area contributed by atoms with Crippen molar-refractivity contribution in [1.82, 2.24) is 5.32 Å². The lowest BCUT2D eigenvalue weighted by Gasteiger charge is -2.16. The summed E-state index contributed by atoms with van der Waals surface area (Å²) >= 11 is 0. The topological polar surface area (TPSA) is 96.0 Å². The number of nitrogens with two attached hydrogens (primary N) is 1. The van der Waals surface area contributed by atoms with Gasteiger partial charge in [0.15, 0.2) is 0 Å². The molecule has 0 aliphatic carbocycles. The summed E-state index contributed by atoms with van der Waals surface area (Å²) in [5, 5.41) is 13.8. The molecule has 0 radical (unpaired) electrons. The Morgan fingerprint density at radius 2 is 1.69 bits per heavy atom. The van der Waals surface area contributed by atoms with Crippen LogP contribution in [0.15, 0.2) is 66.7 Å². The highest BCUT2D eigenvalue weighted by atomic mass is 16.2. The number of fused-ring (bicyclic) bond motifs is 1. The molecule has 3 N–H and O–H groups in total. The van der Waals surface area contributed by atoms with Crippen molar-refractivity contribution in [1.29, 1.82) is 5.26 Å². The minimum atomic E-state index is -0.900. The van der Waals surface area contributed by atoms with Crippen molar-refractivity contribution in [3.05, 3.63) is 83.4 Å². The number of benzene rings is 3. The minimum absolute atomic E-state index is 0.165. The number of nitrogens with zero attached hydrogens (tertiary/aromatic N) is 1. The molecule has 3 rings (SSSR count). The molecule has 3 aromatic carbocycles. The largest absolute Gasteiger partial charge is 0.368 e. The Hall–Kier alpha value is -3.65. The molecule has 0 unspecified atom stereocenters. The van der Waals surface area contributed by atoms with Crippen LogP contribution in [-0.2, 0) is 11.2 Å². The van der Waals surface area contributed by atoms with Crippen LogP contribution in [0.2, 0.25) is 0 Å². The van der Waals surface area contributed by atoms with Gasteiger partial charge in [0.05, 0.1) is 11.6 Å². The zero-order chi connectivity index (χ0) is 18.5. The molecular weight excluding hydrogens is 326 g/mol. The quantitative estimate of drug-likeness (QED) is 0.745. The number of hydrogen-bond donors (Lipinski definition) is 2. The van der Waals surface area contributed by atoms with Crippen LogP contribution in [0.3, 0.4) is 0 Å². The Balaban J connectivity index is 1.82. The monoisotopic (exact) mass is 343 g/mol. The fourth-order valence-corrected chi connectivity index (χ4v) is 2.82. The van der Waals surface area contributed by atoms with E-state index >= 15 is 0 Å². The van der Waals surface area contributed by atoms with E-state index in [1.165, 1.54) is 0 Å². The van der Waals surface area contributed by atoms with Gasteiger partial charge >= 0.3 is 0 Å². The van der Waals surface area contributed by atoms with Gasteiger partial charge in [-0.3, -0.25) is 9.59 Å². The van der Waals surface area contributed by atoms with Crippen molar-refractivity contribution in [3.63, 3.8) is 0 Å². The SMILES string of the molecule is N#Cc1ccccc1C[C@@H](NC(=O)c1ccc2ccccc2c1)C(N)=O. The van der Waals surface area contributed by atoms with Crippen LogP contribution in [0.5, 0.6) is 0 Å². The van der Waals surface area contributed by atoms with Crippen molar-refractivity contribution in [2.75, 3.05) is 0 Å². The maximum absolute atomic E-state index is 12.6. The highest BCUT2D eigenvalue weighted by Gasteiger charge is 2.20. The predicted octanol–water partition coefficient (Wildman–Crippen LogP) is 2.54. The van der Waals surface area contributed by atoms with Gasteiger partial charge in [-0.1, -0.05) is 48.5 Å². The number of rotatable bonds is 5. The van der Waals surface area contributed by atoms with Gasteiger partial charge in [0.25, 0.3) is 5.91 Å². The van der Waals surface area contributed by atoms with Gasteiger partial charge in [0.1, 0.15) is 6.04 Å². The number of hydrogen-bond acceptors (Lipinski definition) is 3. The van der Waals surface area contributed by atoms with Gasteiger partial charge < -0.3 is 11.1 Å². The first-order chi connectivity index (χ1) is 12.6. The second kappa shape index (κ2) is 7.49.